The van der Waals surface area contributed by atoms with E-state index in [2.05, 4.69) is 10.6 Å². The first kappa shape index (κ1) is 18.4. The number of hydrogen-bond donors (Lipinski definition) is 4. The van der Waals surface area contributed by atoms with Gasteiger partial charge in [0.05, 0.1) is 0 Å². The van der Waals surface area contributed by atoms with Crippen LogP contribution in [-0.4, -0.2) is 56.5 Å². The Morgan fingerprint density at radius 1 is 1.15 bits per heavy atom. The highest BCUT2D eigenvalue weighted by molar-refractivity contribution is 7.84. The molecule has 0 bridgehead atoms. The molecule has 8 nitrogen and oxygen atoms in total. The Kier molecular flexibility index (Phi) is 8.53. The second kappa shape index (κ2) is 9.29. The summed E-state index contributed by atoms with van der Waals surface area (Å²) in [6.45, 7) is 1.71. The SMILES string of the molecule is CC(CCS(C)=O)NC(=O)NC(CCC(=O)O)C(=O)O. The molecular formula is C11H20N2O6S. The predicted octanol–water partition coefficient (Wildman–Crippen LogP) is -0.239. The van der Waals surface area contributed by atoms with Gasteiger partial charge in [-0.15, -0.1) is 0 Å². The Morgan fingerprint density at radius 2 is 1.75 bits per heavy atom. The highest BCUT2D eigenvalue weighted by Gasteiger charge is 2.21. The highest BCUT2D eigenvalue weighted by atomic mass is 32.2. The van der Waals surface area contributed by atoms with Gasteiger partial charge in [-0.25, -0.2) is 9.59 Å². The van der Waals surface area contributed by atoms with Gasteiger partial charge in [0.2, 0.25) is 0 Å². The van der Waals surface area contributed by atoms with Gasteiger partial charge in [-0.3, -0.25) is 9.00 Å². The highest BCUT2D eigenvalue weighted by Crippen LogP contribution is 1.99. The predicted molar refractivity (Wildman–Crippen MR) is 73.0 cm³/mol. The van der Waals surface area contributed by atoms with E-state index in [0.29, 0.717) is 12.2 Å². The molecule has 4 N–H and O–H groups in total. The van der Waals surface area contributed by atoms with Crippen LogP contribution in [0, 0.1) is 0 Å². The third-order valence-electron chi connectivity index (χ3n) is 2.47. The second-order valence-electron chi connectivity index (χ2n) is 4.41. The van der Waals surface area contributed by atoms with E-state index in [1.807, 2.05) is 0 Å². The molecule has 2 amide bonds. The zero-order chi connectivity index (χ0) is 15.7. The Labute approximate surface area is 119 Å². The molecule has 0 aromatic rings. The van der Waals surface area contributed by atoms with E-state index < -0.39 is 34.8 Å². The summed E-state index contributed by atoms with van der Waals surface area (Å²) in [6.07, 6.45) is 1.52. The number of rotatable bonds is 9. The fraction of sp³-hybridized carbons (Fsp3) is 0.727. The Hall–Kier alpha value is -1.64. The van der Waals surface area contributed by atoms with E-state index in [-0.39, 0.29) is 18.9 Å². The Balaban J connectivity index is 4.21. The van der Waals surface area contributed by atoms with E-state index in [4.69, 9.17) is 10.2 Å². The summed E-state index contributed by atoms with van der Waals surface area (Å²) in [5.41, 5.74) is 0. The zero-order valence-corrected chi connectivity index (χ0v) is 12.2. The van der Waals surface area contributed by atoms with E-state index in [9.17, 15) is 18.6 Å². The summed E-state index contributed by atoms with van der Waals surface area (Å²) in [6, 6.07) is -2.19. The number of urea groups is 1. The first-order chi connectivity index (χ1) is 9.22. The van der Waals surface area contributed by atoms with Crippen molar-refractivity contribution in [1.29, 1.82) is 0 Å². The quantitative estimate of drug-likeness (QED) is 0.464. The number of carboxylic acid groups (broad SMARTS) is 2. The van der Waals surface area contributed by atoms with Gasteiger partial charge in [-0.05, 0) is 19.8 Å². The van der Waals surface area contributed by atoms with Crippen molar-refractivity contribution in [3.05, 3.63) is 0 Å². The Bertz CT molecular complexity index is 387. The van der Waals surface area contributed by atoms with E-state index in [1.165, 1.54) is 0 Å². The van der Waals surface area contributed by atoms with Crippen LogP contribution in [-0.2, 0) is 20.4 Å². The minimum absolute atomic E-state index is 0.189. The van der Waals surface area contributed by atoms with Crippen molar-refractivity contribution in [3.63, 3.8) is 0 Å². The Morgan fingerprint density at radius 3 is 2.20 bits per heavy atom. The van der Waals surface area contributed by atoms with Crippen LogP contribution in [0.4, 0.5) is 4.79 Å². The van der Waals surface area contributed by atoms with Gasteiger partial charge in [0, 0.05) is 35.3 Å². The lowest BCUT2D eigenvalue weighted by molar-refractivity contribution is -0.140. The lowest BCUT2D eigenvalue weighted by atomic mass is 10.1. The summed E-state index contributed by atoms with van der Waals surface area (Å²) in [4.78, 5) is 32.8. The smallest absolute Gasteiger partial charge is 0.326 e. The summed E-state index contributed by atoms with van der Waals surface area (Å²) < 4.78 is 10.9. The van der Waals surface area contributed by atoms with E-state index in [0.717, 1.165) is 0 Å². The van der Waals surface area contributed by atoms with Crippen LogP contribution in [0.25, 0.3) is 0 Å². The fourth-order valence-electron chi connectivity index (χ4n) is 1.36. The topological polar surface area (TPSA) is 133 Å². The fourth-order valence-corrected chi connectivity index (χ4v) is 2.05. The normalized spacial score (nSPS) is 14.9. The van der Waals surface area contributed by atoms with Gasteiger partial charge in [0.1, 0.15) is 6.04 Å². The van der Waals surface area contributed by atoms with E-state index >= 15 is 0 Å². The number of carbonyl (C=O) groups is 3. The number of hydrogen-bond acceptors (Lipinski definition) is 4. The minimum atomic E-state index is -1.29. The molecule has 0 aliphatic heterocycles. The lowest BCUT2D eigenvalue weighted by Crippen LogP contribution is -2.48. The maximum Gasteiger partial charge on any atom is 0.326 e. The lowest BCUT2D eigenvalue weighted by Gasteiger charge is -2.17. The first-order valence-electron chi connectivity index (χ1n) is 6.04. The molecule has 9 heteroatoms. The number of carbonyl (C=O) groups excluding carboxylic acids is 1. The van der Waals surface area contributed by atoms with Gasteiger partial charge in [0.15, 0.2) is 0 Å². The maximum atomic E-state index is 11.5. The molecule has 0 spiro atoms. The van der Waals surface area contributed by atoms with Crippen molar-refractivity contribution in [1.82, 2.24) is 10.6 Å². The van der Waals surface area contributed by atoms with Crippen molar-refractivity contribution in [3.8, 4) is 0 Å². The minimum Gasteiger partial charge on any atom is -0.481 e. The van der Waals surface area contributed by atoms with Crippen molar-refractivity contribution < 1.29 is 28.8 Å². The van der Waals surface area contributed by atoms with Gasteiger partial charge < -0.3 is 20.8 Å². The average Bonchev–Trinajstić information content (AvgIpc) is 2.31. The standard InChI is InChI=1S/C11H20N2O6S/c1-7(5-6-20(2)19)12-11(18)13-8(10(16)17)3-4-9(14)15/h7-8H,3-6H2,1-2H3,(H,14,15)(H,16,17)(H2,12,13,18). The molecule has 3 atom stereocenters. The summed E-state index contributed by atoms with van der Waals surface area (Å²) in [7, 11) is -0.958. The zero-order valence-electron chi connectivity index (χ0n) is 11.4. The number of aliphatic carboxylic acids is 2. The summed E-state index contributed by atoms with van der Waals surface area (Å²) in [5.74, 6) is -1.98. The van der Waals surface area contributed by atoms with Gasteiger partial charge in [0.25, 0.3) is 0 Å². The van der Waals surface area contributed by atoms with Crippen molar-refractivity contribution >= 4 is 28.8 Å². The van der Waals surface area contributed by atoms with Gasteiger partial charge >= 0.3 is 18.0 Å². The monoisotopic (exact) mass is 308 g/mol. The molecule has 0 saturated carbocycles. The molecule has 0 aliphatic carbocycles. The van der Waals surface area contributed by atoms with Crippen LogP contribution in [0.15, 0.2) is 0 Å². The second-order valence-corrected chi connectivity index (χ2v) is 5.96. The van der Waals surface area contributed by atoms with Crippen molar-refractivity contribution in [2.24, 2.45) is 0 Å². The number of carboxylic acids is 2. The molecule has 116 valence electrons. The molecule has 0 radical (unpaired) electrons. The van der Waals surface area contributed by atoms with Crippen LogP contribution in [0.3, 0.4) is 0 Å². The summed E-state index contributed by atoms with van der Waals surface area (Å²) in [5, 5.41) is 22.1. The van der Waals surface area contributed by atoms with Crippen LogP contribution < -0.4 is 10.6 Å². The molecule has 0 aromatic carbocycles. The molecule has 0 saturated heterocycles. The summed E-state index contributed by atoms with van der Waals surface area (Å²) >= 11 is 0. The van der Waals surface area contributed by atoms with Crippen LogP contribution in [0.2, 0.25) is 0 Å². The average molecular weight is 308 g/mol. The third kappa shape index (κ3) is 9.31. The van der Waals surface area contributed by atoms with Crippen LogP contribution in [0.1, 0.15) is 26.2 Å². The third-order valence-corrected chi connectivity index (χ3v) is 3.28. The number of nitrogens with one attached hydrogen (secondary N) is 2. The molecular weight excluding hydrogens is 288 g/mol. The molecule has 3 unspecified atom stereocenters. The van der Waals surface area contributed by atoms with Crippen LogP contribution >= 0.6 is 0 Å². The molecule has 0 fully saturated rings. The molecule has 0 aliphatic rings. The largest absolute Gasteiger partial charge is 0.481 e. The maximum absolute atomic E-state index is 11.5. The van der Waals surface area contributed by atoms with Gasteiger partial charge in [-0.2, -0.15) is 0 Å². The van der Waals surface area contributed by atoms with Crippen LogP contribution in [0.5, 0.6) is 0 Å². The molecule has 20 heavy (non-hydrogen) atoms. The van der Waals surface area contributed by atoms with Crippen molar-refractivity contribution in [2.45, 2.75) is 38.3 Å². The molecule has 0 rings (SSSR count). The molecule has 0 aromatic heterocycles. The number of amides is 2. The van der Waals surface area contributed by atoms with Crippen molar-refractivity contribution in [2.75, 3.05) is 12.0 Å². The van der Waals surface area contributed by atoms with Gasteiger partial charge in [-0.1, -0.05) is 0 Å². The first-order valence-corrected chi connectivity index (χ1v) is 7.76. The van der Waals surface area contributed by atoms with E-state index in [1.54, 1.807) is 13.2 Å². The molecule has 0 heterocycles.